The number of ether oxygens (including phenoxy) is 2. The topological polar surface area (TPSA) is 102 Å². The van der Waals surface area contributed by atoms with E-state index >= 15 is 0 Å². The fraction of sp³-hybridized carbons (Fsp3) is 0.227. The number of aliphatic carboxylic acids is 1. The molecule has 0 spiro atoms. The lowest BCUT2D eigenvalue weighted by atomic mass is 9.97. The number of carboxylic acid groups (broad SMARTS) is 1. The maximum absolute atomic E-state index is 13.0. The van der Waals surface area contributed by atoms with E-state index in [1.165, 1.54) is 0 Å². The first-order chi connectivity index (χ1) is 14.4. The van der Waals surface area contributed by atoms with E-state index < -0.39 is 28.7 Å². The summed E-state index contributed by atoms with van der Waals surface area (Å²) in [4.78, 5) is 10.9. The van der Waals surface area contributed by atoms with Gasteiger partial charge < -0.3 is 14.6 Å². The second-order valence-electron chi connectivity index (χ2n) is 6.98. The molecule has 0 aromatic heterocycles. The van der Waals surface area contributed by atoms with Gasteiger partial charge in [0.05, 0.1) is 17.6 Å². The van der Waals surface area contributed by atoms with E-state index in [-0.39, 0.29) is 11.4 Å². The number of fused-ring (bicyclic) bond motifs is 2. The van der Waals surface area contributed by atoms with Crippen LogP contribution in [0.4, 0.5) is 0 Å². The largest absolute Gasteiger partial charge is 0.482 e. The van der Waals surface area contributed by atoms with E-state index in [0.717, 1.165) is 16.5 Å². The Morgan fingerprint density at radius 1 is 1.13 bits per heavy atom. The first-order valence-electron chi connectivity index (χ1n) is 9.50. The Morgan fingerprint density at radius 2 is 1.93 bits per heavy atom. The highest BCUT2D eigenvalue weighted by molar-refractivity contribution is 7.89. The summed E-state index contributed by atoms with van der Waals surface area (Å²) in [6.07, 6.45) is 0.207. The van der Waals surface area contributed by atoms with Crippen LogP contribution in [0, 0.1) is 0 Å². The van der Waals surface area contributed by atoms with Crippen LogP contribution in [0.15, 0.2) is 65.6 Å². The average Bonchev–Trinajstić information content (AvgIpc) is 2.75. The third-order valence-electron chi connectivity index (χ3n) is 5.01. The molecule has 0 saturated heterocycles. The minimum absolute atomic E-state index is 0.0912. The summed E-state index contributed by atoms with van der Waals surface area (Å²) >= 11 is 0. The van der Waals surface area contributed by atoms with E-state index in [1.54, 1.807) is 36.4 Å². The smallest absolute Gasteiger partial charge is 0.341 e. The van der Waals surface area contributed by atoms with Gasteiger partial charge in [0.2, 0.25) is 10.0 Å². The van der Waals surface area contributed by atoms with Gasteiger partial charge in [-0.15, -0.1) is 0 Å². The van der Waals surface area contributed by atoms with Gasteiger partial charge in [-0.1, -0.05) is 42.5 Å². The monoisotopic (exact) mass is 427 g/mol. The minimum Gasteiger partial charge on any atom is -0.482 e. The van der Waals surface area contributed by atoms with Gasteiger partial charge in [0, 0.05) is 11.9 Å². The van der Waals surface area contributed by atoms with E-state index in [9.17, 15) is 13.2 Å². The molecular weight excluding hydrogens is 406 g/mol. The third kappa shape index (κ3) is 4.30. The molecule has 0 bridgehead atoms. The van der Waals surface area contributed by atoms with Crippen molar-refractivity contribution >= 4 is 26.8 Å². The summed E-state index contributed by atoms with van der Waals surface area (Å²) in [7, 11) is -3.74. The van der Waals surface area contributed by atoms with Crippen molar-refractivity contribution in [2.45, 2.75) is 17.4 Å². The van der Waals surface area contributed by atoms with Crippen LogP contribution in [-0.2, 0) is 26.0 Å². The van der Waals surface area contributed by atoms with Crippen LogP contribution in [0.3, 0.4) is 0 Å². The van der Waals surface area contributed by atoms with E-state index in [1.807, 2.05) is 24.3 Å². The summed E-state index contributed by atoms with van der Waals surface area (Å²) in [6, 6.07) is 17.8. The number of rotatable bonds is 7. The predicted molar refractivity (Wildman–Crippen MR) is 111 cm³/mol. The summed E-state index contributed by atoms with van der Waals surface area (Å²) in [5, 5.41) is 10.3. The zero-order chi connectivity index (χ0) is 21.1. The van der Waals surface area contributed by atoms with Crippen molar-refractivity contribution in [1.82, 2.24) is 4.72 Å². The Morgan fingerprint density at radius 3 is 2.77 bits per heavy atom. The number of benzene rings is 3. The molecule has 1 heterocycles. The Bertz CT molecular complexity index is 1190. The molecule has 0 aliphatic carbocycles. The van der Waals surface area contributed by atoms with Crippen molar-refractivity contribution in [3.8, 4) is 5.75 Å². The zero-order valence-corrected chi connectivity index (χ0v) is 16.9. The van der Waals surface area contributed by atoms with E-state index in [2.05, 4.69) is 4.72 Å². The normalized spacial score (nSPS) is 16.2. The molecule has 3 aromatic rings. The minimum atomic E-state index is -3.74. The second kappa shape index (κ2) is 8.43. The lowest BCUT2D eigenvalue weighted by Gasteiger charge is -2.26. The Hall–Kier alpha value is -2.94. The summed E-state index contributed by atoms with van der Waals surface area (Å²) in [5.41, 5.74) is 1.82. The van der Waals surface area contributed by atoms with Crippen LogP contribution >= 0.6 is 0 Å². The molecule has 0 fully saturated rings. The van der Waals surface area contributed by atoms with E-state index in [4.69, 9.17) is 14.6 Å². The number of hydrogen-bond acceptors (Lipinski definition) is 5. The summed E-state index contributed by atoms with van der Waals surface area (Å²) < 4.78 is 39.6. The summed E-state index contributed by atoms with van der Waals surface area (Å²) in [5.74, 6) is -0.579. The number of carboxylic acids is 1. The van der Waals surface area contributed by atoms with Crippen molar-refractivity contribution in [2.24, 2.45) is 0 Å². The molecule has 1 aliphatic rings. The second-order valence-corrected chi connectivity index (χ2v) is 8.72. The van der Waals surface area contributed by atoms with Crippen LogP contribution in [-0.4, -0.2) is 39.3 Å². The Balaban J connectivity index is 1.52. The molecular formula is C22H21NO6S. The van der Waals surface area contributed by atoms with Gasteiger partial charge in [-0.25, -0.2) is 17.9 Å². The van der Waals surface area contributed by atoms with Gasteiger partial charge in [-0.2, -0.15) is 0 Å². The molecule has 7 nitrogen and oxygen atoms in total. The highest BCUT2D eigenvalue weighted by atomic mass is 32.2. The fourth-order valence-electron chi connectivity index (χ4n) is 3.61. The summed E-state index contributed by atoms with van der Waals surface area (Å²) in [6.45, 7) is 0.119. The number of sulfonamides is 1. The highest BCUT2D eigenvalue weighted by Gasteiger charge is 2.25. The molecule has 0 amide bonds. The van der Waals surface area contributed by atoms with Gasteiger partial charge >= 0.3 is 5.97 Å². The van der Waals surface area contributed by atoms with Gasteiger partial charge in [0.25, 0.3) is 0 Å². The first kappa shape index (κ1) is 20.3. The Kier molecular flexibility index (Phi) is 5.72. The van der Waals surface area contributed by atoms with Crippen LogP contribution in [0.25, 0.3) is 10.8 Å². The maximum atomic E-state index is 13.0. The van der Waals surface area contributed by atoms with E-state index in [0.29, 0.717) is 24.2 Å². The highest BCUT2D eigenvalue weighted by Crippen LogP contribution is 2.30. The molecule has 156 valence electrons. The van der Waals surface area contributed by atoms with Crippen LogP contribution in [0.1, 0.15) is 17.2 Å². The molecule has 3 aromatic carbocycles. The van der Waals surface area contributed by atoms with Crippen LogP contribution < -0.4 is 9.46 Å². The maximum Gasteiger partial charge on any atom is 0.341 e. The quantitative estimate of drug-likeness (QED) is 0.601. The zero-order valence-electron chi connectivity index (χ0n) is 16.1. The molecule has 2 N–H and O–H groups in total. The molecule has 1 unspecified atom stereocenters. The SMILES string of the molecule is O=C(O)COc1ccc2c(c1)CCOC2CNS(=O)(=O)c1cccc2ccccc12. The lowest BCUT2D eigenvalue weighted by molar-refractivity contribution is -0.139. The van der Waals surface area contributed by atoms with Crippen LogP contribution in [0.2, 0.25) is 0 Å². The average molecular weight is 427 g/mol. The molecule has 0 saturated carbocycles. The molecule has 1 aliphatic heterocycles. The first-order valence-corrected chi connectivity index (χ1v) is 11.0. The van der Waals surface area contributed by atoms with Crippen LogP contribution in [0.5, 0.6) is 5.75 Å². The third-order valence-corrected chi connectivity index (χ3v) is 6.49. The predicted octanol–water partition coefficient (Wildman–Crippen LogP) is 2.90. The van der Waals surface area contributed by atoms with Gasteiger partial charge in [-0.05, 0) is 41.1 Å². The van der Waals surface area contributed by atoms with Crippen molar-refractivity contribution in [3.05, 3.63) is 71.8 Å². The molecule has 8 heteroatoms. The van der Waals surface area contributed by atoms with Crippen molar-refractivity contribution < 1.29 is 27.8 Å². The fourth-order valence-corrected chi connectivity index (χ4v) is 4.87. The Labute approximate surface area is 174 Å². The number of nitrogens with one attached hydrogen (secondary N) is 1. The van der Waals surface area contributed by atoms with Gasteiger partial charge in [0.15, 0.2) is 6.61 Å². The number of hydrogen-bond donors (Lipinski definition) is 2. The van der Waals surface area contributed by atoms with Crippen molar-refractivity contribution in [2.75, 3.05) is 19.8 Å². The van der Waals surface area contributed by atoms with Gasteiger partial charge in [-0.3, -0.25) is 0 Å². The lowest BCUT2D eigenvalue weighted by Crippen LogP contribution is -2.32. The molecule has 1 atom stereocenters. The molecule has 4 rings (SSSR count). The molecule has 30 heavy (non-hydrogen) atoms. The van der Waals surface area contributed by atoms with Crippen molar-refractivity contribution in [3.63, 3.8) is 0 Å². The molecule has 0 radical (unpaired) electrons. The standard InChI is InChI=1S/C22H21NO6S/c24-22(25)14-29-17-8-9-18-16(12-17)10-11-28-20(18)13-23-30(26,27)21-7-3-5-15-4-1-2-6-19(15)21/h1-9,12,20,23H,10-11,13-14H2,(H,24,25). The number of carbonyl (C=O) groups is 1. The van der Waals surface area contributed by atoms with Crippen molar-refractivity contribution in [1.29, 1.82) is 0 Å². The van der Waals surface area contributed by atoms with Gasteiger partial charge in [0.1, 0.15) is 5.75 Å².